The average molecular weight is 220 g/mol. The maximum atomic E-state index is 2.19. The summed E-state index contributed by atoms with van der Waals surface area (Å²) in [6.45, 7) is 27.3. The van der Waals surface area contributed by atoms with E-state index in [1.165, 1.54) is 0 Å². The second-order valence-electron chi connectivity index (χ2n) is 4.73. The van der Waals surface area contributed by atoms with Crippen LogP contribution in [0.4, 0.5) is 0 Å². The molecule has 0 saturated heterocycles. The van der Waals surface area contributed by atoms with Crippen LogP contribution < -0.4 is 0 Å². The molecule has 0 saturated carbocycles. The van der Waals surface area contributed by atoms with Gasteiger partial charge in [-0.2, -0.15) is 0 Å². The van der Waals surface area contributed by atoms with Gasteiger partial charge in [-0.1, -0.05) is 90.0 Å². The smallest absolute Gasteiger partial charge is 0.0411 e. The molecule has 15 heavy (non-hydrogen) atoms. The molecule has 0 nitrogen and oxygen atoms in total. The van der Waals surface area contributed by atoms with E-state index in [9.17, 15) is 0 Å². The summed E-state index contributed by atoms with van der Waals surface area (Å²) in [5, 5.41) is 0. The zero-order valence-electron chi connectivity index (χ0n) is 14.1. The Hall–Kier alpha value is 0. The third-order valence-electron chi connectivity index (χ3n) is 0. The van der Waals surface area contributed by atoms with Gasteiger partial charge in [0.05, 0.1) is 0 Å². The highest BCUT2D eigenvalue weighted by Crippen LogP contribution is 2.07. The van der Waals surface area contributed by atoms with Crippen molar-refractivity contribution in [3.05, 3.63) is 0 Å². The third-order valence-corrected chi connectivity index (χ3v) is 0. The molecular formula is C15H40. The van der Waals surface area contributed by atoms with Crippen LogP contribution in [0, 0.1) is 11.3 Å². The lowest BCUT2D eigenvalue weighted by molar-refractivity contribution is 0.469. The fourth-order valence-electron chi connectivity index (χ4n) is 0. The van der Waals surface area contributed by atoms with Crippen LogP contribution in [0.5, 0.6) is 0 Å². The van der Waals surface area contributed by atoms with Gasteiger partial charge in [-0.3, -0.25) is 0 Å². The summed E-state index contributed by atoms with van der Waals surface area (Å²) in [6, 6.07) is 0. The SMILES string of the molecule is CC.CC.CC.CC(C)(C)C.CC(C)C. The molecule has 0 aromatic rings. The molecule has 0 aliphatic carbocycles. The van der Waals surface area contributed by atoms with Gasteiger partial charge >= 0.3 is 0 Å². The zero-order valence-corrected chi connectivity index (χ0v) is 14.1. The van der Waals surface area contributed by atoms with Crippen LogP contribution in [-0.4, -0.2) is 0 Å². The van der Waals surface area contributed by atoms with E-state index in [1.54, 1.807) is 0 Å². The van der Waals surface area contributed by atoms with Gasteiger partial charge in [-0.15, -0.1) is 0 Å². The lowest BCUT2D eigenvalue weighted by Gasteiger charge is -2.05. The third kappa shape index (κ3) is 0. The van der Waals surface area contributed by atoms with Crippen molar-refractivity contribution < 1.29 is 0 Å². The predicted molar refractivity (Wildman–Crippen MR) is 79.7 cm³/mol. The van der Waals surface area contributed by atoms with Crippen molar-refractivity contribution in [3.8, 4) is 0 Å². The molecule has 0 amide bonds. The van der Waals surface area contributed by atoms with E-state index in [2.05, 4.69) is 48.5 Å². The largest absolute Gasteiger partial charge is 0.0683 e. The molecule has 0 aromatic carbocycles. The highest BCUT2D eigenvalue weighted by molar-refractivity contribution is 4.47. The monoisotopic (exact) mass is 220 g/mol. The summed E-state index contributed by atoms with van der Waals surface area (Å²) in [5.41, 5.74) is 0.500. The number of hydrogen-bond donors (Lipinski definition) is 0. The summed E-state index contributed by atoms with van der Waals surface area (Å²) < 4.78 is 0. The van der Waals surface area contributed by atoms with E-state index < -0.39 is 0 Å². The molecule has 0 heterocycles. The molecule has 0 aliphatic rings. The molecule has 0 rings (SSSR count). The first kappa shape index (κ1) is 29.4. The molecule has 0 bridgehead atoms. The molecule has 0 N–H and O–H groups in total. The Bertz CT molecular complexity index is 36.8. The predicted octanol–water partition coefficient (Wildman–Crippen LogP) is 6.79. The topological polar surface area (TPSA) is 0 Å². The van der Waals surface area contributed by atoms with Crippen LogP contribution in [0.15, 0.2) is 0 Å². The highest BCUT2D eigenvalue weighted by atomic mass is 14.0. The summed E-state index contributed by atoms with van der Waals surface area (Å²) in [4.78, 5) is 0. The molecule has 100 valence electrons. The van der Waals surface area contributed by atoms with Gasteiger partial charge in [-0.25, -0.2) is 0 Å². The normalized spacial score (nSPS) is 7.60. The first-order valence-corrected chi connectivity index (χ1v) is 6.73. The Morgan fingerprint density at radius 1 is 0.533 bits per heavy atom. The lowest BCUT2D eigenvalue weighted by atomic mass is 10.0. The second kappa shape index (κ2) is 29.2. The van der Waals surface area contributed by atoms with E-state index >= 15 is 0 Å². The molecule has 0 spiro atoms. The van der Waals surface area contributed by atoms with Crippen molar-refractivity contribution in [1.82, 2.24) is 0 Å². The van der Waals surface area contributed by atoms with E-state index in [0.29, 0.717) is 5.41 Å². The van der Waals surface area contributed by atoms with Crippen LogP contribution in [0.2, 0.25) is 0 Å². The number of rotatable bonds is 0. The Labute approximate surface area is 102 Å². The van der Waals surface area contributed by atoms with Gasteiger partial charge in [0, 0.05) is 0 Å². The second-order valence-corrected chi connectivity index (χ2v) is 4.73. The summed E-state index contributed by atoms with van der Waals surface area (Å²) in [6.07, 6.45) is 0. The van der Waals surface area contributed by atoms with Crippen molar-refractivity contribution in [2.75, 3.05) is 0 Å². The Morgan fingerprint density at radius 2 is 0.533 bits per heavy atom. The first-order valence-electron chi connectivity index (χ1n) is 6.73. The molecule has 0 atom stereocenters. The van der Waals surface area contributed by atoms with Crippen LogP contribution >= 0.6 is 0 Å². The maximum Gasteiger partial charge on any atom is -0.0411 e. The van der Waals surface area contributed by atoms with Crippen molar-refractivity contribution in [2.45, 2.75) is 90.0 Å². The molecule has 0 radical (unpaired) electrons. The summed E-state index contributed by atoms with van der Waals surface area (Å²) in [7, 11) is 0. The van der Waals surface area contributed by atoms with E-state index in [1.807, 2.05) is 41.5 Å². The van der Waals surface area contributed by atoms with Crippen LogP contribution in [0.25, 0.3) is 0 Å². The van der Waals surface area contributed by atoms with Gasteiger partial charge < -0.3 is 0 Å². The van der Waals surface area contributed by atoms with Crippen LogP contribution in [-0.2, 0) is 0 Å². The van der Waals surface area contributed by atoms with Gasteiger partial charge in [0.25, 0.3) is 0 Å². The van der Waals surface area contributed by atoms with Crippen molar-refractivity contribution in [3.63, 3.8) is 0 Å². The van der Waals surface area contributed by atoms with Gasteiger partial charge in [0.15, 0.2) is 0 Å². The Kier molecular flexibility index (Phi) is 57.3. The quantitative estimate of drug-likeness (QED) is 0.421. The van der Waals surface area contributed by atoms with Gasteiger partial charge in [-0.05, 0) is 11.3 Å². The Morgan fingerprint density at radius 3 is 0.533 bits per heavy atom. The van der Waals surface area contributed by atoms with E-state index in [0.717, 1.165) is 5.92 Å². The average Bonchev–Trinajstić information content (AvgIpc) is 2.10. The van der Waals surface area contributed by atoms with Crippen LogP contribution in [0.3, 0.4) is 0 Å². The fraction of sp³-hybridized carbons (Fsp3) is 1.00. The fourth-order valence-corrected chi connectivity index (χ4v) is 0. The van der Waals surface area contributed by atoms with E-state index in [4.69, 9.17) is 0 Å². The molecule has 0 heteroatoms. The van der Waals surface area contributed by atoms with Crippen molar-refractivity contribution in [1.29, 1.82) is 0 Å². The van der Waals surface area contributed by atoms with Crippen molar-refractivity contribution >= 4 is 0 Å². The Balaban J connectivity index is -0.0000000301. The molecule has 0 fully saturated rings. The zero-order chi connectivity index (χ0) is 14.1. The molecule has 0 aromatic heterocycles. The molecule has 0 aliphatic heterocycles. The summed E-state index contributed by atoms with van der Waals surface area (Å²) >= 11 is 0. The van der Waals surface area contributed by atoms with Gasteiger partial charge in [0.2, 0.25) is 0 Å². The standard InChI is InChI=1S/C5H12.C4H10.3C2H6/c1-5(2,3)4;1-4(2)3;3*1-2/h1-4H3;4H,1-3H3;3*1-2H3. The minimum Gasteiger partial charge on any atom is -0.0683 e. The minimum absolute atomic E-state index is 0.500. The van der Waals surface area contributed by atoms with E-state index in [-0.39, 0.29) is 0 Å². The highest BCUT2D eigenvalue weighted by Gasteiger charge is 1.95. The maximum absolute atomic E-state index is 2.19. The summed E-state index contributed by atoms with van der Waals surface area (Å²) in [5.74, 6) is 0.833. The molecular weight excluding hydrogens is 180 g/mol. The number of hydrogen-bond acceptors (Lipinski definition) is 0. The van der Waals surface area contributed by atoms with Crippen LogP contribution in [0.1, 0.15) is 90.0 Å². The minimum atomic E-state index is 0.500. The lowest BCUT2D eigenvalue weighted by Crippen LogP contribution is -1.93. The molecule has 0 unspecified atom stereocenters. The van der Waals surface area contributed by atoms with Crippen molar-refractivity contribution in [2.24, 2.45) is 11.3 Å². The first-order chi connectivity index (χ1) is 6.73. The van der Waals surface area contributed by atoms with Gasteiger partial charge in [0.1, 0.15) is 0 Å².